The fraction of sp³-hybridized carbons (Fsp3) is 0.167. The van der Waals surface area contributed by atoms with Crippen molar-refractivity contribution in [2.24, 2.45) is 0 Å². The molecule has 0 aromatic carbocycles. The molecule has 0 amide bonds. The molecule has 0 fully saturated rings. The van der Waals surface area contributed by atoms with E-state index < -0.39 is 0 Å². The van der Waals surface area contributed by atoms with Gasteiger partial charge in [0.05, 0.1) is 5.69 Å². The van der Waals surface area contributed by atoms with Crippen molar-refractivity contribution in [2.75, 3.05) is 5.73 Å². The fourth-order valence-electron chi connectivity index (χ4n) is 1.81. The Morgan fingerprint density at radius 1 is 1.35 bits per heavy atom. The standard InChI is InChI=1S/C12H12N4S/c13-11-3-4-14-7-9(11)1-2-10-8-16-5-6-17-12(16)15-10/h3-8H,1-2H2,(H2,13,14). The summed E-state index contributed by atoms with van der Waals surface area (Å²) in [4.78, 5) is 9.67. The van der Waals surface area contributed by atoms with E-state index in [0.29, 0.717) is 0 Å². The molecular weight excluding hydrogens is 232 g/mol. The number of thiazole rings is 1. The van der Waals surface area contributed by atoms with Crippen molar-refractivity contribution in [1.82, 2.24) is 14.4 Å². The predicted octanol–water partition coefficient (Wildman–Crippen LogP) is 2.16. The number of fused-ring (bicyclic) bond motifs is 1. The minimum absolute atomic E-state index is 0.807. The van der Waals surface area contributed by atoms with E-state index in [1.807, 2.05) is 28.2 Å². The van der Waals surface area contributed by atoms with E-state index >= 15 is 0 Å². The van der Waals surface area contributed by atoms with Gasteiger partial charge in [0.2, 0.25) is 0 Å². The zero-order valence-corrected chi connectivity index (χ0v) is 10.0. The predicted molar refractivity (Wildman–Crippen MR) is 69.1 cm³/mol. The van der Waals surface area contributed by atoms with Crippen molar-refractivity contribution in [2.45, 2.75) is 12.8 Å². The lowest BCUT2D eigenvalue weighted by molar-refractivity contribution is 0.922. The van der Waals surface area contributed by atoms with Crippen LogP contribution in [-0.2, 0) is 12.8 Å². The number of nitrogen functional groups attached to an aromatic ring is 1. The SMILES string of the molecule is Nc1ccncc1CCc1cn2ccsc2n1. The van der Waals surface area contributed by atoms with Crippen LogP contribution in [0.1, 0.15) is 11.3 Å². The van der Waals surface area contributed by atoms with Crippen molar-refractivity contribution in [3.63, 3.8) is 0 Å². The van der Waals surface area contributed by atoms with Gasteiger partial charge in [0.1, 0.15) is 0 Å². The van der Waals surface area contributed by atoms with E-state index in [2.05, 4.69) is 16.2 Å². The summed E-state index contributed by atoms with van der Waals surface area (Å²) >= 11 is 1.65. The van der Waals surface area contributed by atoms with E-state index in [0.717, 1.165) is 34.7 Å². The molecule has 3 aromatic heterocycles. The molecule has 0 unspecified atom stereocenters. The summed E-state index contributed by atoms with van der Waals surface area (Å²) in [5.74, 6) is 0. The van der Waals surface area contributed by atoms with Gasteiger partial charge in [-0.05, 0) is 24.5 Å². The lowest BCUT2D eigenvalue weighted by atomic mass is 10.1. The molecule has 4 nitrogen and oxygen atoms in total. The van der Waals surface area contributed by atoms with Crippen LogP contribution in [0.15, 0.2) is 36.2 Å². The minimum Gasteiger partial charge on any atom is -0.398 e. The highest BCUT2D eigenvalue weighted by Crippen LogP contribution is 2.15. The smallest absolute Gasteiger partial charge is 0.193 e. The lowest BCUT2D eigenvalue weighted by Crippen LogP contribution is -1.98. The van der Waals surface area contributed by atoms with E-state index in [1.54, 1.807) is 17.5 Å². The number of hydrogen-bond donors (Lipinski definition) is 1. The van der Waals surface area contributed by atoms with E-state index in [9.17, 15) is 0 Å². The molecule has 2 N–H and O–H groups in total. The second kappa shape index (κ2) is 4.18. The van der Waals surface area contributed by atoms with Crippen molar-refractivity contribution in [1.29, 1.82) is 0 Å². The van der Waals surface area contributed by atoms with Gasteiger partial charge in [-0.3, -0.25) is 9.38 Å². The number of aryl methyl sites for hydroxylation is 2. The average molecular weight is 244 g/mol. The third kappa shape index (κ3) is 2.01. The van der Waals surface area contributed by atoms with Crippen LogP contribution in [0.3, 0.4) is 0 Å². The summed E-state index contributed by atoms with van der Waals surface area (Å²) in [6, 6.07) is 1.83. The molecule has 86 valence electrons. The summed E-state index contributed by atoms with van der Waals surface area (Å²) in [6.45, 7) is 0. The molecule has 0 radical (unpaired) electrons. The van der Waals surface area contributed by atoms with Crippen LogP contribution in [0, 0.1) is 0 Å². The number of anilines is 1. The van der Waals surface area contributed by atoms with Crippen LogP contribution in [-0.4, -0.2) is 14.4 Å². The Hall–Kier alpha value is -1.88. The first kappa shape index (κ1) is 10.3. The zero-order valence-electron chi connectivity index (χ0n) is 9.21. The molecular formula is C12H12N4S. The van der Waals surface area contributed by atoms with Gasteiger partial charge in [-0.25, -0.2) is 4.98 Å². The Kier molecular flexibility index (Phi) is 2.53. The Labute approximate surface area is 103 Å². The third-order valence-electron chi connectivity index (χ3n) is 2.73. The summed E-state index contributed by atoms with van der Waals surface area (Å²) in [5.41, 5.74) is 8.87. The van der Waals surface area contributed by atoms with E-state index in [4.69, 9.17) is 5.73 Å². The van der Waals surface area contributed by atoms with Gasteiger partial charge in [0.25, 0.3) is 0 Å². The quantitative estimate of drug-likeness (QED) is 0.768. The number of aromatic nitrogens is 3. The first-order valence-electron chi connectivity index (χ1n) is 5.42. The summed E-state index contributed by atoms with van der Waals surface area (Å²) in [6.07, 6.45) is 9.40. The Balaban J connectivity index is 1.76. The van der Waals surface area contributed by atoms with Crippen LogP contribution < -0.4 is 5.73 Å². The molecule has 3 aromatic rings. The van der Waals surface area contributed by atoms with Gasteiger partial charge < -0.3 is 5.73 Å². The van der Waals surface area contributed by atoms with Crippen LogP contribution >= 0.6 is 11.3 Å². The van der Waals surface area contributed by atoms with Gasteiger partial charge in [-0.2, -0.15) is 0 Å². The van der Waals surface area contributed by atoms with Gasteiger partial charge in [-0.1, -0.05) is 0 Å². The van der Waals surface area contributed by atoms with Gasteiger partial charge in [-0.15, -0.1) is 11.3 Å². The number of rotatable bonds is 3. The highest BCUT2D eigenvalue weighted by Gasteiger charge is 2.04. The topological polar surface area (TPSA) is 56.2 Å². The number of nitrogens with zero attached hydrogens (tertiary/aromatic N) is 3. The molecule has 3 heterocycles. The van der Waals surface area contributed by atoms with Gasteiger partial charge >= 0.3 is 0 Å². The normalized spacial score (nSPS) is 11.1. The fourth-order valence-corrected chi connectivity index (χ4v) is 2.53. The Morgan fingerprint density at radius 3 is 3.12 bits per heavy atom. The van der Waals surface area contributed by atoms with Gasteiger partial charge in [0.15, 0.2) is 4.96 Å². The minimum atomic E-state index is 0.807. The van der Waals surface area contributed by atoms with Crippen LogP contribution in [0.2, 0.25) is 0 Å². The molecule has 5 heteroatoms. The van der Waals surface area contributed by atoms with Crippen molar-refractivity contribution in [3.8, 4) is 0 Å². The van der Waals surface area contributed by atoms with Gasteiger partial charge in [0, 0.05) is 35.9 Å². The highest BCUT2D eigenvalue weighted by molar-refractivity contribution is 7.15. The second-order valence-corrected chi connectivity index (χ2v) is 4.77. The summed E-state index contributed by atoms with van der Waals surface area (Å²) in [5, 5.41) is 2.03. The van der Waals surface area contributed by atoms with Crippen LogP contribution in [0.4, 0.5) is 5.69 Å². The van der Waals surface area contributed by atoms with Crippen molar-refractivity contribution < 1.29 is 0 Å². The monoisotopic (exact) mass is 244 g/mol. The molecule has 0 saturated carbocycles. The zero-order chi connectivity index (χ0) is 11.7. The molecule has 0 aliphatic carbocycles. The average Bonchev–Trinajstić information content (AvgIpc) is 2.88. The first-order valence-corrected chi connectivity index (χ1v) is 6.30. The molecule has 0 saturated heterocycles. The number of hydrogen-bond acceptors (Lipinski definition) is 4. The summed E-state index contributed by atoms with van der Waals surface area (Å²) < 4.78 is 2.05. The molecule has 0 aliphatic rings. The largest absolute Gasteiger partial charge is 0.398 e. The molecule has 0 bridgehead atoms. The van der Waals surface area contributed by atoms with Crippen LogP contribution in [0.25, 0.3) is 4.96 Å². The maximum absolute atomic E-state index is 5.88. The molecule has 17 heavy (non-hydrogen) atoms. The number of nitrogens with two attached hydrogens (primary N) is 1. The van der Waals surface area contributed by atoms with Crippen LogP contribution in [0.5, 0.6) is 0 Å². The maximum atomic E-state index is 5.88. The van der Waals surface area contributed by atoms with Crippen molar-refractivity contribution >= 4 is 22.0 Å². The number of pyridine rings is 1. The highest BCUT2D eigenvalue weighted by atomic mass is 32.1. The first-order chi connectivity index (χ1) is 8.33. The Bertz CT molecular complexity index is 612. The van der Waals surface area contributed by atoms with Crippen molar-refractivity contribution in [3.05, 3.63) is 47.5 Å². The molecule has 0 spiro atoms. The molecule has 0 atom stereocenters. The van der Waals surface area contributed by atoms with E-state index in [-0.39, 0.29) is 0 Å². The summed E-state index contributed by atoms with van der Waals surface area (Å²) in [7, 11) is 0. The second-order valence-electron chi connectivity index (χ2n) is 3.90. The molecule has 3 rings (SSSR count). The molecule has 0 aliphatic heterocycles. The lowest BCUT2D eigenvalue weighted by Gasteiger charge is -2.02. The third-order valence-corrected chi connectivity index (χ3v) is 3.51. The Morgan fingerprint density at radius 2 is 2.29 bits per heavy atom. The number of imidazole rings is 1. The van der Waals surface area contributed by atoms with E-state index in [1.165, 1.54) is 0 Å². The maximum Gasteiger partial charge on any atom is 0.193 e.